The molecule has 1 aliphatic rings. The quantitative estimate of drug-likeness (QED) is 0.898. The van der Waals surface area contributed by atoms with Crippen molar-refractivity contribution in [3.63, 3.8) is 0 Å². The van der Waals surface area contributed by atoms with Gasteiger partial charge in [-0.2, -0.15) is 0 Å². The Hall–Kier alpha value is -2.73. The first kappa shape index (κ1) is 17.6. The van der Waals surface area contributed by atoms with Crippen LogP contribution in [0.4, 0.5) is 0 Å². The lowest BCUT2D eigenvalue weighted by Gasteiger charge is -2.33. The van der Waals surface area contributed by atoms with Crippen LogP contribution in [0.2, 0.25) is 0 Å². The highest BCUT2D eigenvalue weighted by Crippen LogP contribution is 2.09. The Kier molecular flexibility index (Phi) is 6.45. The average molecular weight is 327 g/mol. The summed E-state index contributed by atoms with van der Waals surface area (Å²) in [5.41, 5.74) is 1.53. The molecule has 1 aromatic heterocycles. The van der Waals surface area contributed by atoms with Crippen LogP contribution in [0.3, 0.4) is 0 Å². The lowest BCUT2D eigenvalue weighted by atomic mass is 10.1. The van der Waals surface area contributed by atoms with Gasteiger partial charge in [-0.15, -0.1) is 0 Å². The number of carbonyl (C=O) groups excluding carboxylic acids is 1. The van der Waals surface area contributed by atoms with Crippen molar-refractivity contribution < 1.29 is 14.7 Å². The Balaban J connectivity index is 0.000000198. The number of pyridine rings is 1. The van der Waals surface area contributed by atoms with Crippen molar-refractivity contribution in [2.45, 2.75) is 19.5 Å². The van der Waals surface area contributed by atoms with Gasteiger partial charge in [-0.25, -0.2) is 4.79 Å². The Bertz CT molecular complexity index is 662. The van der Waals surface area contributed by atoms with Crippen molar-refractivity contribution in [1.29, 1.82) is 0 Å². The molecule has 3 rings (SSSR count). The fourth-order valence-electron chi connectivity index (χ4n) is 2.31. The third-order valence-corrected chi connectivity index (χ3v) is 3.72. The first-order chi connectivity index (χ1) is 11.6. The van der Waals surface area contributed by atoms with Gasteiger partial charge in [-0.1, -0.05) is 30.3 Å². The summed E-state index contributed by atoms with van der Waals surface area (Å²) in [6, 6.07) is 13.6. The lowest BCUT2D eigenvalue weighted by Crippen LogP contribution is -2.52. The summed E-state index contributed by atoms with van der Waals surface area (Å²) in [4.78, 5) is 27.3. The van der Waals surface area contributed by atoms with E-state index in [1.807, 2.05) is 18.2 Å². The van der Waals surface area contributed by atoms with Gasteiger partial charge < -0.3 is 10.4 Å². The van der Waals surface area contributed by atoms with Crippen LogP contribution in [0, 0.1) is 0 Å². The van der Waals surface area contributed by atoms with Gasteiger partial charge in [0, 0.05) is 31.5 Å². The topological polar surface area (TPSA) is 82.5 Å². The highest BCUT2D eigenvalue weighted by molar-refractivity contribution is 5.87. The summed E-state index contributed by atoms with van der Waals surface area (Å²) >= 11 is 0. The molecule has 0 saturated carbocycles. The van der Waals surface area contributed by atoms with E-state index in [4.69, 9.17) is 5.11 Å². The van der Waals surface area contributed by atoms with Crippen molar-refractivity contribution in [2.75, 3.05) is 13.1 Å². The number of hydrogen-bond donors (Lipinski definition) is 2. The molecule has 1 unspecified atom stereocenters. The maximum Gasteiger partial charge on any atom is 0.335 e. The SMILES string of the molecule is CC1CNC(=O)CN1Cc1ccccc1.O=C(O)c1ccncc1. The number of carbonyl (C=O) groups is 2. The molecule has 6 nitrogen and oxygen atoms in total. The molecule has 126 valence electrons. The first-order valence-corrected chi connectivity index (χ1v) is 7.74. The van der Waals surface area contributed by atoms with E-state index < -0.39 is 5.97 Å². The third-order valence-electron chi connectivity index (χ3n) is 3.72. The van der Waals surface area contributed by atoms with Crippen molar-refractivity contribution in [3.8, 4) is 0 Å². The van der Waals surface area contributed by atoms with Gasteiger partial charge in [-0.05, 0) is 24.6 Å². The van der Waals surface area contributed by atoms with Gasteiger partial charge in [0.2, 0.25) is 5.91 Å². The zero-order chi connectivity index (χ0) is 17.4. The van der Waals surface area contributed by atoms with E-state index in [0.717, 1.165) is 13.1 Å². The molecular formula is C18H21N3O3. The predicted molar refractivity (Wildman–Crippen MR) is 90.5 cm³/mol. The molecule has 0 spiro atoms. The smallest absolute Gasteiger partial charge is 0.335 e. The molecule has 2 heterocycles. The van der Waals surface area contributed by atoms with Gasteiger partial charge in [0.1, 0.15) is 0 Å². The Morgan fingerprint density at radius 1 is 1.25 bits per heavy atom. The van der Waals surface area contributed by atoms with Crippen LogP contribution in [-0.4, -0.2) is 46.0 Å². The Morgan fingerprint density at radius 2 is 1.92 bits per heavy atom. The van der Waals surface area contributed by atoms with E-state index >= 15 is 0 Å². The monoisotopic (exact) mass is 327 g/mol. The molecular weight excluding hydrogens is 306 g/mol. The second kappa shape index (κ2) is 8.79. The van der Waals surface area contributed by atoms with Gasteiger partial charge >= 0.3 is 5.97 Å². The zero-order valence-electron chi connectivity index (χ0n) is 13.6. The van der Waals surface area contributed by atoms with E-state index in [1.165, 1.54) is 30.1 Å². The normalized spacial score (nSPS) is 17.4. The van der Waals surface area contributed by atoms with Crippen LogP contribution < -0.4 is 5.32 Å². The maximum atomic E-state index is 11.3. The molecule has 0 radical (unpaired) electrons. The second-order valence-electron chi connectivity index (χ2n) is 5.58. The first-order valence-electron chi connectivity index (χ1n) is 7.74. The standard InChI is InChI=1S/C12H16N2O.C6H5NO2/c1-10-7-13-12(15)9-14(10)8-11-5-3-2-4-6-11;8-6(9)5-1-3-7-4-2-5/h2-6,10H,7-9H2,1H3,(H,13,15);1-4H,(H,8,9). The van der Waals surface area contributed by atoms with E-state index in [9.17, 15) is 9.59 Å². The summed E-state index contributed by atoms with van der Waals surface area (Å²) in [6.07, 6.45) is 2.90. The predicted octanol–water partition coefficient (Wildman–Crippen LogP) is 1.79. The molecule has 24 heavy (non-hydrogen) atoms. The number of piperazine rings is 1. The highest BCUT2D eigenvalue weighted by Gasteiger charge is 2.22. The number of amides is 1. The molecule has 0 bridgehead atoms. The Labute approximate surface area is 141 Å². The van der Waals surface area contributed by atoms with Gasteiger partial charge in [0.05, 0.1) is 12.1 Å². The van der Waals surface area contributed by atoms with Crippen molar-refractivity contribution in [1.82, 2.24) is 15.2 Å². The number of nitrogens with zero attached hydrogens (tertiary/aromatic N) is 2. The summed E-state index contributed by atoms with van der Waals surface area (Å²) in [7, 11) is 0. The van der Waals surface area contributed by atoms with E-state index in [2.05, 4.69) is 34.3 Å². The van der Waals surface area contributed by atoms with Gasteiger partial charge in [0.25, 0.3) is 0 Å². The Morgan fingerprint density at radius 3 is 2.50 bits per heavy atom. The summed E-state index contributed by atoms with van der Waals surface area (Å²) in [6.45, 7) is 4.26. The maximum absolute atomic E-state index is 11.3. The average Bonchev–Trinajstić information content (AvgIpc) is 2.60. The fourth-order valence-corrected chi connectivity index (χ4v) is 2.31. The van der Waals surface area contributed by atoms with Gasteiger partial charge in [-0.3, -0.25) is 14.7 Å². The molecule has 1 aliphatic heterocycles. The molecule has 1 atom stereocenters. The van der Waals surface area contributed by atoms with E-state index in [1.54, 1.807) is 0 Å². The van der Waals surface area contributed by atoms with E-state index in [0.29, 0.717) is 12.6 Å². The van der Waals surface area contributed by atoms with Crippen LogP contribution >= 0.6 is 0 Å². The number of rotatable bonds is 3. The molecule has 6 heteroatoms. The lowest BCUT2D eigenvalue weighted by molar-refractivity contribution is -0.125. The largest absolute Gasteiger partial charge is 0.478 e. The molecule has 1 saturated heterocycles. The minimum Gasteiger partial charge on any atom is -0.478 e. The number of nitrogens with one attached hydrogen (secondary N) is 1. The molecule has 1 fully saturated rings. The molecule has 2 N–H and O–H groups in total. The molecule has 1 aromatic carbocycles. The van der Waals surface area contributed by atoms with E-state index in [-0.39, 0.29) is 11.5 Å². The van der Waals surface area contributed by atoms with Crippen LogP contribution in [0.5, 0.6) is 0 Å². The number of carboxylic acid groups (broad SMARTS) is 1. The third kappa shape index (κ3) is 5.48. The minimum atomic E-state index is -0.919. The number of hydrogen-bond acceptors (Lipinski definition) is 4. The summed E-state index contributed by atoms with van der Waals surface area (Å²) in [5.74, 6) is -0.790. The molecule has 0 aliphatic carbocycles. The fraction of sp³-hybridized carbons (Fsp3) is 0.278. The van der Waals surface area contributed by atoms with Gasteiger partial charge in [0.15, 0.2) is 0 Å². The molecule has 2 aromatic rings. The summed E-state index contributed by atoms with van der Waals surface area (Å²) < 4.78 is 0. The highest BCUT2D eigenvalue weighted by atomic mass is 16.4. The zero-order valence-corrected chi connectivity index (χ0v) is 13.6. The number of benzene rings is 1. The summed E-state index contributed by atoms with van der Waals surface area (Å²) in [5, 5.41) is 11.2. The van der Waals surface area contributed by atoms with Crippen LogP contribution in [0.25, 0.3) is 0 Å². The van der Waals surface area contributed by atoms with Crippen molar-refractivity contribution in [3.05, 3.63) is 66.0 Å². The van der Waals surface area contributed by atoms with Crippen molar-refractivity contribution >= 4 is 11.9 Å². The number of aromatic nitrogens is 1. The second-order valence-corrected chi connectivity index (χ2v) is 5.58. The van der Waals surface area contributed by atoms with Crippen LogP contribution in [0.1, 0.15) is 22.8 Å². The van der Waals surface area contributed by atoms with Crippen molar-refractivity contribution in [2.24, 2.45) is 0 Å². The number of carboxylic acids is 1. The van der Waals surface area contributed by atoms with Crippen LogP contribution in [0.15, 0.2) is 54.9 Å². The molecule has 1 amide bonds. The van der Waals surface area contributed by atoms with Crippen LogP contribution in [-0.2, 0) is 11.3 Å². The minimum absolute atomic E-state index is 0.129. The number of aromatic carboxylic acids is 1.